The molecule has 1 aromatic carbocycles. The van der Waals surface area contributed by atoms with Gasteiger partial charge in [0.05, 0.1) is 16.1 Å². The number of fused-ring (bicyclic) bond motifs is 1. The van der Waals surface area contributed by atoms with Gasteiger partial charge in [-0.05, 0) is 18.2 Å². The van der Waals surface area contributed by atoms with Gasteiger partial charge in [-0.2, -0.15) is 8.42 Å². The van der Waals surface area contributed by atoms with Crippen LogP contribution in [0.5, 0.6) is 0 Å². The fourth-order valence-corrected chi connectivity index (χ4v) is 1.79. The van der Waals surface area contributed by atoms with Crippen molar-refractivity contribution in [1.29, 1.82) is 0 Å². The van der Waals surface area contributed by atoms with Crippen molar-refractivity contribution in [3.63, 3.8) is 0 Å². The van der Waals surface area contributed by atoms with Crippen LogP contribution in [-0.2, 0) is 14.9 Å². The van der Waals surface area contributed by atoms with E-state index >= 15 is 0 Å². The second-order valence-corrected chi connectivity index (χ2v) is 4.39. The number of hydrogen-bond donors (Lipinski definition) is 2. The first kappa shape index (κ1) is 13.3. The van der Waals surface area contributed by atoms with Crippen molar-refractivity contribution in [3.8, 4) is 0 Å². The zero-order valence-corrected chi connectivity index (χ0v) is 11.0. The Kier molecular flexibility index (Phi) is 3.56. The van der Waals surface area contributed by atoms with Gasteiger partial charge in [-0.1, -0.05) is 0 Å². The van der Waals surface area contributed by atoms with E-state index < -0.39 is 26.7 Å². The van der Waals surface area contributed by atoms with Gasteiger partial charge in [0.2, 0.25) is 0 Å². The molecule has 1 aliphatic heterocycles. The Balaban J connectivity index is 0.00000128. The van der Waals surface area contributed by atoms with Gasteiger partial charge in [0.25, 0.3) is 21.8 Å². The summed E-state index contributed by atoms with van der Waals surface area (Å²) in [6.45, 7) is 0. The molecule has 8 heteroatoms. The number of anilines is 1. The normalized spacial score (nSPS) is 14.1. The van der Waals surface area contributed by atoms with Gasteiger partial charge in [-0.25, -0.2) is 0 Å². The summed E-state index contributed by atoms with van der Waals surface area (Å²) in [7, 11) is -4.36. The van der Waals surface area contributed by atoms with Crippen LogP contribution in [0.1, 0.15) is 10.4 Å². The number of rotatable bonds is 1. The number of benzene rings is 1. The first-order valence-electron chi connectivity index (χ1n) is 3.87. The van der Waals surface area contributed by atoms with Crippen LogP contribution in [0.25, 0.3) is 0 Å². The number of hydrogen-bond acceptors (Lipinski definition) is 4. The van der Waals surface area contributed by atoms with Crippen molar-refractivity contribution in [1.82, 2.24) is 0 Å². The van der Waals surface area contributed by atoms with Gasteiger partial charge in [0.15, 0.2) is 0 Å². The number of carbonyl (C=O) groups is 2. The van der Waals surface area contributed by atoms with Crippen LogP contribution >= 0.6 is 0 Å². The molecule has 6 nitrogen and oxygen atoms in total. The first-order chi connectivity index (χ1) is 6.89. The summed E-state index contributed by atoms with van der Waals surface area (Å²) in [4.78, 5) is 21.7. The van der Waals surface area contributed by atoms with Crippen molar-refractivity contribution >= 4 is 57.1 Å². The van der Waals surface area contributed by atoms with Crippen LogP contribution in [0.15, 0.2) is 23.1 Å². The maximum Gasteiger partial charge on any atom is 0.296 e. The molecule has 0 unspecified atom stereocenters. The molecule has 0 saturated heterocycles. The summed E-state index contributed by atoms with van der Waals surface area (Å²) in [5.41, 5.74) is 0.201. The largest absolute Gasteiger partial charge is 0.318 e. The van der Waals surface area contributed by atoms with Crippen LogP contribution in [0.4, 0.5) is 5.69 Å². The smallest absolute Gasteiger partial charge is 0.296 e. The summed E-state index contributed by atoms with van der Waals surface area (Å²) >= 11 is 0. The summed E-state index contributed by atoms with van der Waals surface area (Å²) in [5, 5.41) is 2.26. The zero-order chi connectivity index (χ0) is 11.2. The number of ketones is 1. The number of Topliss-reactive ketones (excluding diaryl/α,β-unsaturated/α-hetero) is 1. The molecular weight excluding hydrogens is 245 g/mol. The van der Waals surface area contributed by atoms with Crippen molar-refractivity contribution in [2.24, 2.45) is 0 Å². The molecule has 0 aromatic heterocycles. The van der Waals surface area contributed by atoms with E-state index in [1.807, 2.05) is 0 Å². The van der Waals surface area contributed by atoms with Crippen molar-refractivity contribution in [3.05, 3.63) is 23.8 Å². The van der Waals surface area contributed by atoms with Crippen molar-refractivity contribution < 1.29 is 22.6 Å². The predicted molar refractivity (Wildman–Crippen MR) is 55.0 cm³/mol. The fourth-order valence-electron chi connectivity index (χ4n) is 1.28. The molecule has 1 aromatic rings. The second-order valence-electron chi connectivity index (χ2n) is 2.97. The third-order valence-corrected chi connectivity index (χ3v) is 2.84. The standard InChI is InChI=1S/C8H5NO5S.Na/c10-7-5-3-4(15(12,13)14)1-2-6(5)9-8(7)11;/h1-3H,(H,9,10,11)(H,12,13,14);. The van der Waals surface area contributed by atoms with Crippen molar-refractivity contribution in [2.45, 2.75) is 4.90 Å². The number of nitrogens with one attached hydrogen (secondary N) is 1. The average Bonchev–Trinajstić information content (AvgIpc) is 2.41. The Morgan fingerprint density at radius 3 is 2.38 bits per heavy atom. The minimum atomic E-state index is -4.36. The molecule has 0 bridgehead atoms. The van der Waals surface area contributed by atoms with Gasteiger partial charge in [0.1, 0.15) is 0 Å². The van der Waals surface area contributed by atoms with Crippen LogP contribution in [0, 0.1) is 0 Å². The molecular formula is C8H5NNaO5S. The molecule has 79 valence electrons. The minimum Gasteiger partial charge on any atom is -0.318 e. The zero-order valence-electron chi connectivity index (χ0n) is 8.22. The van der Waals surface area contributed by atoms with E-state index in [0.29, 0.717) is 0 Å². The van der Waals surface area contributed by atoms with Gasteiger partial charge >= 0.3 is 0 Å². The summed E-state index contributed by atoms with van der Waals surface area (Å²) in [6.07, 6.45) is 0. The van der Waals surface area contributed by atoms with E-state index in [-0.39, 0.29) is 40.8 Å². The average molecular weight is 250 g/mol. The Hall–Kier alpha value is -0.730. The third kappa shape index (κ3) is 2.18. The van der Waals surface area contributed by atoms with Crippen LogP contribution in [0.3, 0.4) is 0 Å². The molecule has 1 heterocycles. The molecule has 0 spiro atoms. The van der Waals surface area contributed by atoms with E-state index in [1.54, 1.807) is 0 Å². The molecule has 0 atom stereocenters. The van der Waals surface area contributed by atoms with E-state index in [4.69, 9.17) is 4.55 Å². The third-order valence-electron chi connectivity index (χ3n) is 1.99. The molecule has 1 radical (unpaired) electrons. The van der Waals surface area contributed by atoms with E-state index in [2.05, 4.69) is 5.32 Å². The Bertz CT molecular complexity index is 580. The summed E-state index contributed by atoms with van der Waals surface area (Å²) in [6, 6.07) is 3.32. The fraction of sp³-hybridized carbons (Fsp3) is 0. The quantitative estimate of drug-likeness (QED) is 0.404. The minimum absolute atomic E-state index is 0. The van der Waals surface area contributed by atoms with Gasteiger partial charge in [0, 0.05) is 29.6 Å². The Labute approximate surface area is 113 Å². The van der Waals surface area contributed by atoms with Crippen molar-refractivity contribution in [2.75, 3.05) is 5.32 Å². The monoisotopic (exact) mass is 250 g/mol. The van der Waals surface area contributed by atoms with Crippen LogP contribution in [-0.4, -0.2) is 54.2 Å². The molecule has 1 aliphatic rings. The molecule has 1 amide bonds. The number of amides is 1. The van der Waals surface area contributed by atoms with E-state index in [1.165, 1.54) is 6.07 Å². The molecule has 16 heavy (non-hydrogen) atoms. The first-order valence-corrected chi connectivity index (χ1v) is 5.31. The van der Waals surface area contributed by atoms with Gasteiger partial charge < -0.3 is 5.32 Å². The van der Waals surface area contributed by atoms with Crippen LogP contribution < -0.4 is 5.32 Å². The molecule has 0 fully saturated rings. The Morgan fingerprint density at radius 1 is 1.19 bits per heavy atom. The maximum absolute atomic E-state index is 11.2. The SMILES string of the molecule is O=C1Nc2ccc(S(=O)(=O)O)cc2C1=O.[Na]. The summed E-state index contributed by atoms with van der Waals surface area (Å²) < 4.78 is 30.2. The van der Waals surface area contributed by atoms with E-state index in [9.17, 15) is 18.0 Å². The molecule has 0 aliphatic carbocycles. The number of carbonyl (C=O) groups excluding carboxylic acids is 2. The second kappa shape index (κ2) is 4.27. The van der Waals surface area contributed by atoms with Gasteiger partial charge in [-0.15, -0.1) is 0 Å². The Morgan fingerprint density at radius 2 is 1.81 bits per heavy atom. The molecule has 0 saturated carbocycles. The van der Waals surface area contributed by atoms with Gasteiger partial charge in [-0.3, -0.25) is 14.1 Å². The predicted octanol–water partition coefficient (Wildman–Crippen LogP) is -0.313. The molecule has 2 rings (SSSR count). The maximum atomic E-state index is 11.2. The summed E-state index contributed by atoms with van der Waals surface area (Å²) in [5.74, 6) is -1.62. The topological polar surface area (TPSA) is 101 Å². The van der Waals surface area contributed by atoms with Crippen LogP contribution in [0.2, 0.25) is 0 Å². The van der Waals surface area contributed by atoms with E-state index in [0.717, 1.165) is 12.1 Å². The molecule has 2 N–H and O–H groups in total.